The zero-order chi connectivity index (χ0) is 18.7. The summed E-state index contributed by atoms with van der Waals surface area (Å²) in [6.07, 6.45) is 0.985. The van der Waals surface area contributed by atoms with E-state index in [9.17, 15) is 0 Å². The number of nitrogens with zero attached hydrogens (tertiary/aromatic N) is 4. The number of benzene rings is 2. The molecule has 3 aromatic rings. The molecule has 26 heavy (non-hydrogen) atoms. The van der Waals surface area contributed by atoms with Crippen LogP contribution in [0.25, 0.3) is 16.7 Å². The molecule has 0 atom stereocenters. The smallest absolute Gasteiger partial charge is 0.205 e. The van der Waals surface area contributed by atoms with Crippen molar-refractivity contribution in [2.75, 3.05) is 52.0 Å². The monoisotopic (exact) mass is 353 g/mol. The normalized spacial score (nSPS) is 11.3. The highest BCUT2D eigenvalue weighted by atomic mass is 16.5. The molecule has 2 N–H and O–H groups in total. The summed E-state index contributed by atoms with van der Waals surface area (Å²) in [6, 6.07) is 14.2. The van der Waals surface area contributed by atoms with E-state index in [1.165, 1.54) is 0 Å². The number of nitrogen functional groups attached to an aromatic ring is 1. The van der Waals surface area contributed by atoms with Crippen LogP contribution in [-0.4, -0.2) is 55.8 Å². The molecule has 6 nitrogen and oxygen atoms in total. The van der Waals surface area contributed by atoms with Gasteiger partial charge in [-0.2, -0.15) is 0 Å². The fraction of sp³-hybridized carbons (Fsp3) is 0.350. The first kappa shape index (κ1) is 18.1. The van der Waals surface area contributed by atoms with Crippen LogP contribution in [0.5, 0.6) is 5.75 Å². The minimum atomic E-state index is 0.474. The molecule has 1 aromatic heterocycles. The largest absolute Gasteiger partial charge is 0.493 e. The van der Waals surface area contributed by atoms with Gasteiger partial charge in [0.2, 0.25) is 5.95 Å². The molecule has 0 saturated carbocycles. The lowest BCUT2D eigenvalue weighted by Gasteiger charge is -2.14. The molecular formula is C20H27N5O. The van der Waals surface area contributed by atoms with E-state index >= 15 is 0 Å². The molecule has 0 spiro atoms. The Balaban J connectivity index is 1.87. The van der Waals surface area contributed by atoms with Gasteiger partial charge < -0.3 is 20.3 Å². The van der Waals surface area contributed by atoms with Crippen molar-refractivity contribution in [3.63, 3.8) is 0 Å². The molecule has 2 aromatic carbocycles. The number of aromatic nitrogens is 2. The Morgan fingerprint density at radius 1 is 1.04 bits per heavy atom. The topological polar surface area (TPSA) is 59.5 Å². The first-order chi connectivity index (χ1) is 12.5. The van der Waals surface area contributed by atoms with E-state index in [1.54, 1.807) is 0 Å². The summed E-state index contributed by atoms with van der Waals surface area (Å²) in [5, 5.41) is 0. The third-order valence-electron chi connectivity index (χ3n) is 4.29. The number of rotatable bonds is 7. The van der Waals surface area contributed by atoms with Gasteiger partial charge in [0, 0.05) is 38.1 Å². The molecular weight excluding hydrogens is 326 g/mol. The van der Waals surface area contributed by atoms with Crippen LogP contribution in [0, 0.1) is 0 Å². The molecule has 0 aliphatic heterocycles. The van der Waals surface area contributed by atoms with E-state index in [1.807, 2.05) is 36.9 Å². The van der Waals surface area contributed by atoms with E-state index in [2.05, 4.69) is 53.1 Å². The Hall–Kier alpha value is -2.73. The van der Waals surface area contributed by atoms with Gasteiger partial charge in [0.15, 0.2) is 0 Å². The highest BCUT2D eigenvalue weighted by Crippen LogP contribution is 2.27. The summed E-state index contributed by atoms with van der Waals surface area (Å²) >= 11 is 0. The Morgan fingerprint density at radius 3 is 2.42 bits per heavy atom. The van der Waals surface area contributed by atoms with Gasteiger partial charge in [0.05, 0.1) is 17.6 Å². The number of fused-ring (bicyclic) bond motifs is 1. The number of nitrogens with two attached hydrogens (primary N) is 1. The lowest BCUT2D eigenvalue weighted by Crippen LogP contribution is -2.15. The highest BCUT2D eigenvalue weighted by Gasteiger charge is 2.11. The van der Waals surface area contributed by atoms with Gasteiger partial charge in [-0.3, -0.25) is 4.57 Å². The molecule has 0 saturated heterocycles. The fourth-order valence-electron chi connectivity index (χ4n) is 2.91. The molecule has 0 fully saturated rings. The predicted octanol–water partition coefficient (Wildman–Crippen LogP) is 3.00. The quantitative estimate of drug-likeness (QED) is 0.662. The van der Waals surface area contributed by atoms with Crippen LogP contribution in [0.4, 0.5) is 11.6 Å². The molecule has 0 bridgehead atoms. The number of imidazole rings is 1. The third kappa shape index (κ3) is 3.91. The summed E-state index contributed by atoms with van der Waals surface area (Å²) < 4.78 is 7.86. The molecule has 0 unspecified atom stereocenters. The second-order valence-corrected chi connectivity index (χ2v) is 6.87. The Kier molecular flexibility index (Phi) is 5.32. The van der Waals surface area contributed by atoms with Crippen LogP contribution in [0.15, 0.2) is 42.5 Å². The Labute approximate surface area is 154 Å². The maximum Gasteiger partial charge on any atom is 0.205 e. The van der Waals surface area contributed by atoms with Gasteiger partial charge in [-0.25, -0.2) is 4.98 Å². The second-order valence-electron chi connectivity index (χ2n) is 6.87. The molecule has 1 heterocycles. The van der Waals surface area contributed by atoms with Crippen molar-refractivity contribution < 1.29 is 4.74 Å². The molecule has 0 amide bonds. The van der Waals surface area contributed by atoms with Gasteiger partial charge in [0.25, 0.3) is 0 Å². The first-order valence-electron chi connectivity index (χ1n) is 8.79. The minimum absolute atomic E-state index is 0.474. The van der Waals surface area contributed by atoms with Crippen molar-refractivity contribution >= 4 is 22.7 Å². The molecule has 6 heteroatoms. The summed E-state index contributed by atoms with van der Waals surface area (Å²) in [5.74, 6) is 1.31. The molecule has 0 aliphatic rings. The fourth-order valence-corrected chi connectivity index (χ4v) is 2.91. The molecule has 0 aliphatic carbocycles. The van der Waals surface area contributed by atoms with E-state index in [0.29, 0.717) is 12.6 Å². The maximum atomic E-state index is 6.18. The predicted molar refractivity (Wildman–Crippen MR) is 108 cm³/mol. The van der Waals surface area contributed by atoms with E-state index in [0.717, 1.165) is 41.1 Å². The van der Waals surface area contributed by atoms with Gasteiger partial charge >= 0.3 is 0 Å². The van der Waals surface area contributed by atoms with E-state index in [-0.39, 0.29) is 0 Å². The standard InChI is InChI=1S/C20H27N5O/c1-23(2)12-5-13-26-17-10-11-18-19(14-17)25(20(21)22-18)16-8-6-15(7-9-16)24(3)4/h6-11,14H,5,12-13H2,1-4H3,(H2,21,22). The van der Waals surface area contributed by atoms with Crippen LogP contribution >= 0.6 is 0 Å². The van der Waals surface area contributed by atoms with Crippen molar-refractivity contribution in [3.05, 3.63) is 42.5 Å². The Bertz CT molecular complexity index is 868. The van der Waals surface area contributed by atoms with Crippen molar-refractivity contribution in [2.45, 2.75) is 6.42 Å². The van der Waals surface area contributed by atoms with E-state index < -0.39 is 0 Å². The first-order valence-corrected chi connectivity index (χ1v) is 8.79. The van der Waals surface area contributed by atoms with E-state index in [4.69, 9.17) is 10.5 Å². The number of hydrogen-bond acceptors (Lipinski definition) is 5. The number of hydrogen-bond donors (Lipinski definition) is 1. The van der Waals surface area contributed by atoms with Gasteiger partial charge in [-0.1, -0.05) is 0 Å². The average Bonchev–Trinajstić information content (AvgIpc) is 2.93. The summed E-state index contributed by atoms with van der Waals surface area (Å²) in [5.41, 5.74) is 10.1. The number of ether oxygens (including phenoxy) is 1. The molecule has 3 rings (SSSR count). The summed E-state index contributed by atoms with van der Waals surface area (Å²) in [4.78, 5) is 8.70. The zero-order valence-corrected chi connectivity index (χ0v) is 15.9. The van der Waals surface area contributed by atoms with Crippen LogP contribution < -0.4 is 15.4 Å². The van der Waals surface area contributed by atoms with Crippen molar-refractivity contribution in [3.8, 4) is 11.4 Å². The van der Waals surface area contributed by atoms with Gasteiger partial charge in [-0.05, 0) is 56.9 Å². The van der Waals surface area contributed by atoms with Crippen molar-refractivity contribution in [2.24, 2.45) is 0 Å². The highest BCUT2D eigenvalue weighted by molar-refractivity contribution is 5.82. The SMILES string of the molecule is CN(C)CCCOc1ccc2nc(N)n(-c3ccc(N(C)C)cc3)c2c1. The Morgan fingerprint density at radius 2 is 1.77 bits per heavy atom. The lowest BCUT2D eigenvalue weighted by atomic mass is 10.2. The molecule has 138 valence electrons. The van der Waals surface area contributed by atoms with Crippen molar-refractivity contribution in [1.82, 2.24) is 14.5 Å². The minimum Gasteiger partial charge on any atom is -0.493 e. The van der Waals surface area contributed by atoms with Crippen LogP contribution in [0.1, 0.15) is 6.42 Å². The average molecular weight is 353 g/mol. The van der Waals surface area contributed by atoms with Gasteiger partial charge in [-0.15, -0.1) is 0 Å². The van der Waals surface area contributed by atoms with Crippen LogP contribution in [0.2, 0.25) is 0 Å². The van der Waals surface area contributed by atoms with Crippen LogP contribution in [-0.2, 0) is 0 Å². The second kappa shape index (κ2) is 7.66. The van der Waals surface area contributed by atoms with Crippen molar-refractivity contribution in [1.29, 1.82) is 0 Å². The summed E-state index contributed by atoms with van der Waals surface area (Å²) in [7, 11) is 8.18. The summed E-state index contributed by atoms with van der Waals surface area (Å²) in [6.45, 7) is 1.69. The van der Waals surface area contributed by atoms with Gasteiger partial charge in [0.1, 0.15) is 5.75 Å². The van der Waals surface area contributed by atoms with Crippen LogP contribution in [0.3, 0.4) is 0 Å². The third-order valence-corrected chi connectivity index (χ3v) is 4.29. The number of anilines is 2. The molecule has 0 radical (unpaired) electrons. The zero-order valence-electron chi connectivity index (χ0n) is 15.9. The maximum absolute atomic E-state index is 6.18. The lowest BCUT2D eigenvalue weighted by molar-refractivity contribution is 0.282.